The van der Waals surface area contributed by atoms with Crippen LogP contribution >= 0.6 is 0 Å². The third-order valence-electron chi connectivity index (χ3n) is 4.34. The summed E-state index contributed by atoms with van der Waals surface area (Å²) in [4.78, 5) is 28.4. The lowest BCUT2D eigenvalue weighted by molar-refractivity contribution is -0.119. The molecule has 1 aromatic carbocycles. The summed E-state index contributed by atoms with van der Waals surface area (Å²) in [6.07, 6.45) is 1.41. The molecule has 0 atom stereocenters. The van der Waals surface area contributed by atoms with Crippen molar-refractivity contribution in [1.29, 1.82) is 0 Å². The summed E-state index contributed by atoms with van der Waals surface area (Å²) in [5.74, 6) is -0.402. The first kappa shape index (κ1) is 19.3. The number of aromatic nitrogens is 3. The number of hydrogen-bond donors (Lipinski definition) is 1. The Morgan fingerprint density at radius 3 is 2.43 bits per heavy atom. The zero-order chi connectivity index (χ0) is 20.3. The number of carbonyl (C=O) groups excluding carboxylic acids is 2. The van der Waals surface area contributed by atoms with Gasteiger partial charge in [0.25, 0.3) is 5.91 Å². The molecule has 144 valence electrons. The maximum absolute atomic E-state index is 12.2. The highest BCUT2D eigenvalue weighted by Gasteiger charge is 2.12. The van der Waals surface area contributed by atoms with Crippen LogP contribution in [0.2, 0.25) is 0 Å². The summed E-state index contributed by atoms with van der Waals surface area (Å²) in [5.41, 5.74) is 4.98. The number of nitrogens with zero attached hydrogens (tertiary/aromatic N) is 3. The number of esters is 1. The molecule has 7 nitrogen and oxygen atoms in total. The summed E-state index contributed by atoms with van der Waals surface area (Å²) in [6.45, 7) is 7.42. The zero-order valence-corrected chi connectivity index (χ0v) is 16.3. The van der Waals surface area contributed by atoms with Crippen LogP contribution in [0.15, 0.2) is 42.6 Å². The largest absolute Gasteiger partial charge is 0.452 e. The second-order valence-corrected chi connectivity index (χ2v) is 6.67. The number of amides is 1. The molecule has 0 aliphatic carbocycles. The van der Waals surface area contributed by atoms with E-state index in [1.54, 1.807) is 16.8 Å². The Labute approximate surface area is 163 Å². The van der Waals surface area contributed by atoms with Gasteiger partial charge in [0.05, 0.1) is 11.3 Å². The van der Waals surface area contributed by atoms with E-state index in [0.29, 0.717) is 11.5 Å². The molecule has 0 saturated heterocycles. The van der Waals surface area contributed by atoms with Crippen molar-refractivity contribution in [2.75, 3.05) is 11.9 Å². The molecular formula is C21H22N4O3. The highest BCUT2D eigenvalue weighted by Crippen LogP contribution is 2.14. The first-order valence-corrected chi connectivity index (χ1v) is 8.87. The topological polar surface area (TPSA) is 86.1 Å². The Balaban J connectivity index is 1.57. The van der Waals surface area contributed by atoms with Crippen LogP contribution in [-0.4, -0.2) is 33.2 Å². The third kappa shape index (κ3) is 4.43. The number of hydrogen-bond acceptors (Lipinski definition) is 5. The zero-order valence-electron chi connectivity index (χ0n) is 16.3. The quantitative estimate of drug-likeness (QED) is 0.689. The molecule has 7 heteroatoms. The van der Waals surface area contributed by atoms with Crippen molar-refractivity contribution in [3.05, 3.63) is 70.7 Å². The minimum absolute atomic E-state index is 0.268. The van der Waals surface area contributed by atoms with E-state index in [9.17, 15) is 9.59 Å². The van der Waals surface area contributed by atoms with Crippen LogP contribution in [-0.2, 0) is 9.53 Å². The van der Waals surface area contributed by atoms with Crippen molar-refractivity contribution in [3.63, 3.8) is 0 Å². The van der Waals surface area contributed by atoms with Crippen LogP contribution < -0.4 is 5.32 Å². The Kier molecular flexibility index (Phi) is 5.54. The monoisotopic (exact) mass is 378 g/mol. The van der Waals surface area contributed by atoms with E-state index in [1.165, 1.54) is 6.20 Å². The average molecular weight is 378 g/mol. The molecule has 1 N–H and O–H groups in total. The van der Waals surface area contributed by atoms with Crippen molar-refractivity contribution in [2.24, 2.45) is 0 Å². The van der Waals surface area contributed by atoms with Crippen molar-refractivity contribution < 1.29 is 14.3 Å². The van der Waals surface area contributed by atoms with Gasteiger partial charge in [0.2, 0.25) is 0 Å². The van der Waals surface area contributed by atoms with Gasteiger partial charge in [-0.25, -0.2) is 14.5 Å². The van der Waals surface area contributed by atoms with Crippen molar-refractivity contribution in [1.82, 2.24) is 14.8 Å². The summed E-state index contributed by atoms with van der Waals surface area (Å²) in [5, 5.41) is 7.06. The van der Waals surface area contributed by atoms with Crippen LogP contribution in [0.1, 0.15) is 32.9 Å². The average Bonchev–Trinajstić information content (AvgIpc) is 3.01. The molecule has 0 spiro atoms. The van der Waals surface area contributed by atoms with Crippen molar-refractivity contribution in [3.8, 4) is 5.82 Å². The fourth-order valence-electron chi connectivity index (χ4n) is 2.72. The minimum atomic E-state index is -0.609. The van der Waals surface area contributed by atoms with E-state index in [0.717, 1.165) is 22.5 Å². The van der Waals surface area contributed by atoms with Crippen LogP contribution in [0, 0.1) is 27.7 Å². The number of aryl methyl sites for hydroxylation is 4. The van der Waals surface area contributed by atoms with Gasteiger partial charge in [-0.2, -0.15) is 5.10 Å². The summed E-state index contributed by atoms with van der Waals surface area (Å²) in [7, 11) is 0. The molecule has 0 aliphatic rings. The maximum Gasteiger partial charge on any atom is 0.340 e. The standard InChI is InChI=1S/C21H22N4O3/c1-13-5-7-18(9-14(13)2)23-20(26)12-28-21(27)17-6-8-19(22-11-17)25-16(4)10-15(3)24-25/h5-11H,12H2,1-4H3,(H,23,26). The molecule has 2 heterocycles. The molecular weight excluding hydrogens is 356 g/mol. The molecule has 28 heavy (non-hydrogen) atoms. The normalized spacial score (nSPS) is 10.6. The molecule has 1 amide bonds. The van der Waals surface area contributed by atoms with Crippen LogP contribution in [0.4, 0.5) is 5.69 Å². The van der Waals surface area contributed by atoms with Crippen LogP contribution in [0.25, 0.3) is 5.82 Å². The predicted octanol–water partition coefficient (Wildman–Crippen LogP) is 3.30. The van der Waals surface area contributed by atoms with E-state index < -0.39 is 11.9 Å². The van der Waals surface area contributed by atoms with Gasteiger partial charge in [0, 0.05) is 17.6 Å². The molecule has 0 fully saturated rings. The lowest BCUT2D eigenvalue weighted by Gasteiger charge is -2.09. The van der Waals surface area contributed by atoms with Gasteiger partial charge in [0.15, 0.2) is 12.4 Å². The molecule has 2 aromatic heterocycles. The molecule has 0 aliphatic heterocycles. The highest BCUT2D eigenvalue weighted by atomic mass is 16.5. The lowest BCUT2D eigenvalue weighted by Crippen LogP contribution is -2.21. The first-order valence-electron chi connectivity index (χ1n) is 8.87. The number of rotatable bonds is 5. The van der Waals surface area contributed by atoms with Crippen LogP contribution in [0.5, 0.6) is 0 Å². The fourth-order valence-corrected chi connectivity index (χ4v) is 2.72. The Bertz CT molecular complexity index is 1020. The fraction of sp³-hybridized carbons (Fsp3) is 0.238. The molecule has 0 bridgehead atoms. The summed E-state index contributed by atoms with van der Waals surface area (Å²) >= 11 is 0. The lowest BCUT2D eigenvalue weighted by atomic mass is 10.1. The smallest absolute Gasteiger partial charge is 0.340 e. The van der Waals surface area contributed by atoms with Gasteiger partial charge in [-0.1, -0.05) is 6.07 Å². The first-order chi connectivity index (χ1) is 13.3. The number of pyridine rings is 1. The van der Waals surface area contributed by atoms with Crippen molar-refractivity contribution in [2.45, 2.75) is 27.7 Å². The Morgan fingerprint density at radius 1 is 1.04 bits per heavy atom. The molecule has 0 unspecified atom stereocenters. The molecule has 3 aromatic rings. The van der Waals surface area contributed by atoms with Gasteiger partial charge in [-0.15, -0.1) is 0 Å². The van der Waals surface area contributed by atoms with E-state index >= 15 is 0 Å². The molecule has 0 radical (unpaired) electrons. The SMILES string of the molecule is Cc1cc(C)n(-c2ccc(C(=O)OCC(=O)Nc3ccc(C)c(C)c3)cn2)n1. The predicted molar refractivity (Wildman–Crippen MR) is 106 cm³/mol. The second-order valence-electron chi connectivity index (χ2n) is 6.67. The van der Waals surface area contributed by atoms with E-state index in [2.05, 4.69) is 15.4 Å². The summed E-state index contributed by atoms with van der Waals surface area (Å²) < 4.78 is 6.77. The number of nitrogens with one attached hydrogen (secondary N) is 1. The van der Waals surface area contributed by atoms with Gasteiger partial charge in [-0.3, -0.25) is 4.79 Å². The second kappa shape index (κ2) is 8.04. The Morgan fingerprint density at radius 2 is 1.82 bits per heavy atom. The number of carbonyl (C=O) groups is 2. The Hall–Kier alpha value is -3.48. The third-order valence-corrected chi connectivity index (χ3v) is 4.34. The van der Waals surface area contributed by atoms with Gasteiger partial charge in [0.1, 0.15) is 0 Å². The molecule has 0 saturated carbocycles. The summed E-state index contributed by atoms with van der Waals surface area (Å²) in [6, 6.07) is 10.8. The van der Waals surface area contributed by atoms with E-state index in [1.807, 2.05) is 52.0 Å². The number of ether oxygens (including phenoxy) is 1. The minimum Gasteiger partial charge on any atom is -0.452 e. The van der Waals surface area contributed by atoms with Gasteiger partial charge < -0.3 is 10.1 Å². The number of anilines is 1. The highest BCUT2D eigenvalue weighted by molar-refractivity contribution is 5.95. The van der Waals surface area contributed by atoms with Crippen LogP contribution in [0.3, 0.4) is 0 Å². The molecule has 3 rings (SSSR count). The van der Waals surface area contributed by atoms with Crippen molar-refractivity contribution >= 4 is 17.6 Å². The van der Waals surface area contributed by atoms with Gasteiger partial charge >= 0.3 is 5.97 Å². The van der Waals surface area contributed by atoms with Gasteiger partial charge in [-0.05, 0) is 69.2 Å². The van der Waals surface area contributed by atoms with E-state index in [-0.39, 0.29) is 12.2 Å². The number of benzene rings is 1. The van der Waals surface area contributed by atoms with E-state index in [4.69, 9.17) is 4.74 Å². The maximum atomic E-state index is 12.2.